The summed E-state index contributed by atoms with van der Waals surface area (Å²) in [7, 11) is 0. The molecule has 14 heavy (non-hydrogen) atoms. The van der Waals surface area contributed by atoms with Crippen molar-refractivity contribution in [1.82, 2.24) is 4.98 Å². The lowest BCUT2D eigenvalue weighted by Gasteiger charge is -2.07. The van der Waals surface area contributed by atoms with Gasteiger partial charge in [0.05, 0.1) is 12.5 Å². The molecule has 0 saturated carbocycles. The first-order valence-electron chi connectivity index (χ1n) is 3.56. The van der Waals surface area contributed by atoms with Gasteiger partial charge in [-0.2, -0.15) is 5.26 Å². The van der Waals surface area contributed by atoms with Crippen molar-refractivity contribution in [3.05, 3.63) is 25.5 Å². The molecule has 0 bridgehead atoms. The third kappa shape index (κ3) is 2.60. The Morgan fingerprint density at radius 1 is 1.64 bits per heavy atom. The van der Waals surface area contributed by atoms with Gasteiger partial charge in [-0.15, -0.1) is 0 Å². The van der Waals surface area contributed by atoms with Crippen molar-refractivity contribution in [3.63, 3.8) is 0 Å². The minimum atomic E-state index is -2.65. The minimum Gasteiger partial charge on any atom is -0.240 e. The summed E-state index contributed by atoms with van der Waals surface area (Å²) < 4.78 is 26.0. The number of hydrogen-bond donors (Lipinski definition) is 0. The lowest BCUT2D eigenvalue weighted by atomic mass is 10.1. The topological polar surface area (TPSA) is 36.7 Å². The van der Waals surface area contributed by atoms with Crippen LogP contribution in [0.3, 0.4) is 0 Å². The van der Waals surface area contributed by atoms with Crippen molar-refractivity contribution in [2.24, 2.45) is 0 Å². The van der Waals surface area contributed by atoms with Gasteiger partial charge in [-0.05, 0) is 44.6 Å². The highest BCUT2D eigenvalue weighted by molar-refractivity contribution is 14.1. The van der Waals surface area contributed by atoms with E-state index in [4.69, 9.17) is 5.26 Å². The molecule has 0 aromatic carbocycles. The predicted octanol–water partition coefficient (Wildman–Crippen LogP) is 3.45. The van der Waals surface area contributed by atoms with E-state index in [0.717, 1.165) is 0 Å². The summed E-state index contributed by atoms with van der Waals surface area (Å²) >= 11 is 4.95. The number of nitrogens with zero attached hydrogens (tertiary/aromatic N) is 2. The maximum absolute atomic E-state index is 12.5. The van der Waals surface area contributed by atoms with Crippen LogP contribution in [0, 0.1) is 14.9 Å². The molecule has 2 nitrogen and oxygen atoms in total. The molecule has 0 amide bonds. The number of alkyl halides is 2. The van der Waals surface area contributed by atoms with E-state index >= 15 is 0 Å². The number of halogens is 4. The van der Waals surface area contributed by atoms with E-state index in [2.05, 4.69) is 20.9 Å². The molecule has 0 fully saturated rings. The highest BCUT2D eigenvalue weighted by Gasteiger charge is 2.18. The highest BCUT2D eigenvalue weighted by Crippen LogP contribution is 2.27. The molecule has 0 saturated heterocycles. The Balaban J connectivity index is 3.30. The Morgan fingerprint density at radius 2 is 2.29 bits per heavy atom. The second kappa shape index (κ2) is 4.98. The van der Waals surface area contributed by atoms with Crippen LogP contribution >= 0.6 is 38.5 Å². The van der Waals surface area contributed by atoms with E-state index in [-0.39, 0.29) is 12.1 Å². The normalized spacial score (nSPS) is 10.3. The zero-order valence-corrected chi connectivity index (χ0v) is 10.5. The van der Waals surface area contributed by atoms with Gasteiger partial charge in [-0.3, -0.25) is 0 Å². The number of nitriles is 1. The van der Waals surface area contributed by atoms with Crippen molar-refractivity contribution >= 4 is 38.5 Å². The Hall–Kier alpha value is -0.290. The van der Waals surface area contributed by atoms with Crippen LogP contribution in [-0.4, -0.2) is 4.98 Å². The van der Waals surface area contributed by atoms with Crippen LogP contribution in [0.25, 0.3) is 0 Å². The van der Waals surface area contributed by atoms with Crippen LogP contribution in [-0.2, 0) is 6.42 Å². The quantitative estimate of drug-likeness (QED) is 0.589. The number of rotatable bonds is 2. The molecule has 0 N–H and O–H groups in total. The summed E-state index contributed by atoms with van der Waals surface area (Å²) in [5.41, 5.74) is -0.00312. The zero-order valence-electron chi connectivity index (χ0n) is 6.77. The molecule has 0 radical (unpaired) electrons. The average molecular weight is 373 g/mol. The molecule has 1 aromatic rings. The van der Waals surface area contributed by atoms with Crippen LogP contribution in [0.2, 0.25) is 0 Å². The molecule has 0 aliphatic rings. The average Bonchev–Trinajstić information content (AvgIpc) is 2.09. The fourth-order valence-electron chi connectivity index (χ4n) is 0.963. The molecule has 6 heteroatoms. The van der Waals surface area contributed by atoms with Gasteiger partial charge < -0.3 is 0 Å². The SMILES string of the molecule is N#CCc1c(I)cc(Br)nc1C(F)F. The minimum absolute atomic E-state index is 0.0434. The molecular formula is C8H4BrF2IN2. The standard InChI is InChI=1S/C8H4BrF2IN2/c9-6-3-5(12)4(1-2-13)7(14-6)8(10)11/h3,8H,1H2. The molecule has 0 aliphatic carbocycles. The summed E-state index contributed by atoms with van der Waals surface area (Å²) in [5.74, 6) is 0. The lowest BCUT2D eigenvalue weighted by Crippen LogP contribution is -2.01. The van der Waals surface area contributed by atoms with Crippen LogP contribution in [0.5, 0.6) is 0 Å². The first kappa shape index (κ1) is 11.8. The summed E-state index contributed by atoms with van der Waals surface area (Å²) in [6.45, 7) is 0. The van der Waals surface area contributed by atoms with Gasteiger partial charge in [0, 0.05) is 9.13 Å². The Bertz CT molecular complexity index is 390. The van der Waals surface area contributed by atoms with E-state index in [1.54, 1.807) is 6.07 Å². The summed E-state index contributed by atoms with van der Waals surface area (Å²) in [5, 5.41) is 8.48. The van der Waals surface area contributed by atoms with Crippen molar-refractivity contribution in [2.45, 2.75) is 12.8 Å². The van der Waals surface area contributed by atoms with E-state index in [1.165, 1.54) is 0 Å². The van der Waals surface area contributed by atoms with Crippen LogP contribution in [0.1, 0.15) is 17.7 Å². The predicted molar refractivity (Wildman–Crippen MR) is 58.9 cm³/mol. The third-order valence-corrected chi connectivity index (χ3v) is 2.90. The molecule has 1 aromatic heterocycles. The highest BCUT2D eigenvalue weighted by atomic mass is 127. The zero-order chi connectivity index (χ0) is 10.7. The van der Waals surface area contributed by atoms with Crippen LogP contribution < -0.4 is 0 Å². The van der Waals surface area contributed by atoms with Gasteiger partial charge >= 0.3 is 0 Å². The lowest BCUT2D eigenvalue weighted by molar-refractivity contribution is 0.144. The van der Waals surface area contributed by atoms with E-state index < -0.39 is 6.43 Å². The number of hydrogen-bond acceptors (Lipinski definition) is 2. The van der Waals surface area contributed by atoms with Gasteiger partial charge in [0.15, 0.2) is 0 Å². The Kier molecular flexibility index (Phi) is 4.19. The van der Waals surface area contributed by atoms with Crippen molar-refractivity contribution < 1.29 is 8.78 Å². The Labute approximate surface area is 102 Å². The maximum atomic E-state index is 12.5. The third-order valence-electron chi connectivity index (χ3n) is 1.53. The second-order valence-corrected chi connectivity index (χ2v) is 4.40. The van der Waals surface area contributed by atoms with E-state index in [9.17, 15) is 8.78 Å². The van der Waals surface area contributed by atoms with Gasteiger partial charge in [0.25, 0.3) is 6.43 Å². The molecule has 0 atom stereocenters. The molecule has 1 heterocycles. The van der Waals surface area contributed by atoms with Crippen molar-refractivity contribution in [1.29, 1.82) is 5.26 Å². The van der Waals surface area contributed by atoms with Gasteiger partial charge in [-0.1, -0.05) is 0 Å². The fraction of sp³-hybridized carbons (Fsp3) is 0.250. The summed E-state index contributed by atoms with van der Waals surface area (Å²) in [6, 6.07) is 3.46. The molecule has 74 valence electrons. The number of pyridine rings is 1. The smallest absolute Gasteiger partial charge is 0.240 e. The number of aromatic nitrogens is 1. The summed E-state index contributed by atoms with van der Waals surface area (Å²) in [4.78, 5) is 3.66. The summed E-state index contributed by atoms with van der Waals surface area (Å²) in [6.07, 6.45) is -2.69. The second-order valence-electron chi connectivity index (χ2n) is 2.43. The van der Waals surface area contributed by atoms with E-state index in [0.29, 0.717) is 13.7 Å². The largest absolute Gasteiger partial charge is 0.280 e. The van der Waals surface area contributed by atoms with Gasteiger partial charge in [0.1, 0.15) is 10.3 Å². The van der Waals surface area contributed by atoms with Crippen molar-refractivity contribution in [2.75, 3.05) is 0 Å². The molecular weight excluding hydrogens is 369 g/mol. The fourth-order valence-corrected chi connectivity index (χ4v) is 2.57. The monoisotopic (exact) mass is 372 g/mol. The van der Waals surface area contributed by atoms with Crippen LogP contribution in [0.15, 0.2) is 10.7 Å². The molecule has 0 spiro atoms. The molecule has 0 aliphatic heterocycles. The molecule has 0 unspecified atom stereocenters. The first-order chi connectivity index (χ1) is 6.56. The first-order valence-corrected chi connectivity index (χ1v) is 5.43. The van der Waals surface area contributed by atoms with Crippen molar-refractivity contribution in [3.8, 4) is 6.07 Å². The van der Waals surface area contributed by atoms with Gasteiger partial charge in [0.2, 0.25) is 0 Å². The molecule has 1 rings (SSSR count). The van der Waals surface area contributed by atoms with E-state index in [1.807, 2.05) is 28.7 Å². The maximum Gasteiger partial charge on any atom is 0.280 e. The van der Waals surface area contributed by atoms with Crippen LogP contribution in [0.4, 0.5) is 8.78 Å². The Morgan fingerprint density at radius 3 is 2.79 bits per heavy atom. The van der Waals surface area contributed by atoms with Gasteiger partial charge in [-0.25, -0.2) is 13.8 Å².